The number of rotatable bonds is 7. The molecule has 1 aliphatic rings. The molecule has 0 radical (unpaired) electrons. The molecule has 0 saturated heterocycles. The van der Waals surface area contributed by atoms with Gasteiger partial charge in [-0.1, -0.05) is 24.3 Å². The molecule has 2 aromatic carbocycles. The number of nitrogens with one attached hydrogen (secondary N) is 2. The van der Waals surface area contributed by atoms with Crippen molar-refractivity contribution in [1.29, 1.82) is 0 Å². The second-order valence-electron chi connectivity index (χ2n) is 7.34. The Bertz CT molecular complexity index is 764. The van der Waals surface area contributed by atoms with Crippen molar-refractivity contribution >= 4 is 17.3 Å². The minimum atomic E-state index is -0.00817. The fourth-order valence-corrected chi connectivity index (χ4v) is 3.68. The van der Waals surface area contributed by atoms with Gasteiger partial charge in [0.2, 0.25) is 0 Å². The van der Waals surface area contributed by atoms with E-state index in [1.54, 1.807) is 18.2 Å². The number of carbonyl (C=O) groups is 1. The Balaban J connectivity index is 1.46. The van der Waals surface area contributed by atoms with Crippen LogP contribution >= 0.6 is 0 Å². The van der Waals surface area contributed by atoms with Crippen LogP contribution in [0.25, 0.3) is 0 Å². The van der Waals surface area contributed by atoms with Crippen LogP contribution in [0.2, 0.25) is 0 Å². The van der Waals surface area contributed by atoms with Crippen LogP contribution in [0, 0.1) is 5.92 Å². The van der Waals surface area contributed by atoms with E-state index in [1.807, 2.05) is 24.3 Å². The first-order chi connectivity index (χ1) is 13.2. The number of amides is 1. The fraction of sp³-hybridized carbons (Fsp3) is 0.348. The summed E-state index contributed by atoms with van der Waals surface area (Å²) in [5.74, 6) is 0.653. The number of para-hydroxylation sites is 1. The van der Waals surface area contributed by atoms with Gasteiger partial charge in [0.25, 0.3) is 5.91 Å². The molecule has 0 aliphatic heterocycles. The van der Waals surface area contributed by atoms with Gasteiger partial charge in [0, 0.05) is 29.5 Å². The number of hydrogen-bond donors (Lipinski definition) is 3. The Morgan fingerprint density at radius 1 is 1.11 bits per heavy atom. The fourth-order valence-electron chi connectivity index (χ4n) is 3.68. The van der Waals surface area contributed by atoms with Crippen LogP contribution in [0.4, 0.5) is 11.4 Å². The van der Waals surface area contributed by atoms with Crippen molar-refractivity contribution in [3.05, 3.63) is 72.3 Å². The molecular formula is C23H29N3O. The lowest BCUT2D eigenvalue weighted by molar-refractivity contribution is 0.0922. The molecule has 142 valence electrons. The Labute approximate surface area is 161 Å². The molecule has 0 bridgehead atoms. The van der Waals surface area contributed by atoms with E-state index in [1.165, 1.54) is 5.69 Å². The molecular weight excluding hydrogens is 334 g/mol. The van der Waals surface area contributed by atoms with Gasteiger partial charge in [-0.25, -0.2) is 0 Å². The van der Waals surface area contributed by atoms with Crippen LogP contribution < -0.4 is 16.4 Å². The van der Waals surface area contributed by atoms with E-state index in [0.29, 0.717) is 23.6 Å². The maximum atomic E-state index is 12.6. The van der Waals surface area contributed by atoms with E-state index in [0.717, 1.165) is 37.8 Å². The average molecular weight is 364 g/mol. The third-order valence-electron chi connectivity index (χ3n) is 5.32. The zero-order chi connectivity index (χ0) is 19.1. The smallest absolute Gasteiger partial charge is 0.251 e. The van der Waals surface area contributed by atoms with Gasteiger partial charge in [-0.2, -0.15) is 0 Å². The molecule has 4 N–H and O–H groups in total. The molecule has 0 spiro atoms. The number of carbonyl (C=O) groups excluding carboxylic acids is 1. The van der Waals surface area contributed by atoms with E-state index in [4.69, 9.17) is 5.73 Å². The zero-order valence-corrected chi connectivity index (χ0v) is 15.8. The molecule has 2 aromatic rings. The van der Waals surface area contributed by atoms with E-state index in [9.17, 15) is 4.79 Å². The Morgan fingerprint density at radius 2 is 1.85 bits per heavy atom. The van der Waals surface area contributed by atoms with Crippen molar-refractivity contribution in [2.45, 2.75) is 38.1 Å². The zero-order valence-electron chi connectivity index (χ0n) is 15.8. The molecule has 1 fully saturated rings. The van der Waals surface area contributed by atoms with E-state index in [2.05, 4.69) is 29.3 Å². The van der Waals surface area contributed by atoms with E-state index >= 15 is 0 Å². The number of anilines is 2. The number of allylic oxidation sites excluding steroid dienone is 1. The standard InChI is InChI=1S/C23H29N3O/c1-2-6-18-15-19(11-14-22(18)24)23(27)26-21-12-9-17(10-13-21)16-25-20-7-4-3-5-8-20/h2-5,7-8,11,14-15,17,21,25H,1,6,9-10,12-13,16,24H2,(H,26,27). The highest BCUT2D eigenvalue weighted by Gasteiger charge is 2.22. The maximum Gasteiger partial charge on any atom is 0.251 e. The van der Waals surface area contributed by atoms with Gasteiger partial charge in [-0.3, -0.25) is 4.79 Å². The van der Waals surface area contributed by atoms with Crippen LogP contribution in [0.5, 0.6) is 0 Å². The summed E-state index contributed by atoms with van der Waals surface area (Å²) in [6.07, 6.45) is 6.80. The van der Waals surface area contributed by atoms with Crippen molar-refractivity contribution in [3.8, 4) is 0 Å². The summed E-state index contributed by atoms with van der Waals surface area (Å²) in [4.78, 5) is 12.6. The second-order valence-corrected chi connectivity index (χ2v) is 7.34. The molecule has 4 heteroatoms. The Hall–Kier alpha value is -2.75. The molecule has 0 atom stereocenters. The summed E-state index contributed by atoms with van der Waals surface area (Å²) < 4.78 is 0. The van der Waals surface area contributed by atoms with Crippen LogP contribution in [0.3, 0.4) is 0 Å². The van der Waals surface area contributed by atoms with Gasteiger partial charge in [-0.15, -0.1) is 6.58 Å². The lowest BCUT2D eigenvalue weighted by Gasteiger charge is -2.29. The highest BCUT2D eigenvalue weighted by atomic mass is 16.1. The van der Waals surface area contributed by atoms with Gasteiger partial charge in [0.05, 0.1) is 0 Å². The summed E-state index contributed by atoms with van der Waals surface area (Å²) in [5.41, 5.74) is 9.47. The Morgan fingerprint density at radius 3 is 2.56 bits per heavy atom. The summed E-state index contributed by atoms with van der Waals surface area (Å²) in [6.45, 7) is 4.74. The molecule has 3 rings (SSSR count). The highest BCUT2D eigenvalue weighted by Crippen LogP contribution is 2.25. The summed E-state index contributed by atoms with van der Waals surface area (Å²) in [5, 5.41) is 6.70. The lowest BCUT2D eigenvalue weighted by atomic mass is 9.86. The number of hydrogen-bond acceptors (Lipinski definition) is 3. The van der Waals surface area contributed by atoms with Crippen LogP contribution in [-0.2, 0) is 6.42 Å². The third-order valence-corrected chi connectivity index (χ3v) is 5.32. The topological polar surface area (TPSA) is 67.2 Å². The monoisotopic (exact) mass is 363 g/mol. The van der Waals surface area contributed by atoms with Gasteiger partial charge >= 0.3 is 0 Å². The number of nitrogens with two attached hydrogens (primary N) is 1. The first-order valence-corrected chi connectivity index (χ1v) is 9.75. The van der Waals surface area contributed by atoms with Crippen molar-refractivity contribution in [2.24, 2.45) is 5.92 Å². The summed E-state index contributed by atoms with van der Waals surface area (Å²) in [7, 11) is 0. The minimum absolute atomic E-state index is 0.00817. The molecule has 1 saturated carbocycles. The summed E-state index contributed by atoms with van der Waals surface area (Å²) >= 11 is 0. The molecule has 0 unspecified atom stereocenters. The number of benzene rings is 2. The van der Waals surface area contributed by atoms with Crippen molar-refractivity contribution in [1.82, 2.24) is 5.32 Å². The molecule has 1 aliphatic carbocycles. The molecule has 0 heterocycles. The predicted octanol–water partition coefficient (Wildman–Crippen LogP) is 4.40. The maximum absolute atomic E-state index is 12.6. The van der Waals surface area contributed by atoms with Crippen LogP contribution in [0.1, 0.15) is 41.6 Å². The van der Waals surface area contributed by atoms with Gasteiger partial charge in [0.1, 0.15) is 0 Å². The van der Waals surface area contributed by atoms with Gasteiger partial charge in [0.15, 0.2) is 0 Å². The van der Waals surface area contributed by atoms with E-state index in [-0.39, 0.29) is 11.9 Å². The third kappa shape index (κ3) is 5.36. The molecule has 27 heavy (non-hydrogen) atoms. The quantitative estimate of drug-likeness (QED) is 0.504. The molecule has 0 aromatic heterocycles. The Kier molecular flexibility index (Phi) is 6.53. The normalized spacial score (nSPS) is 19.3. The van der Waals surface area contributed by atoms with Crippen LogP contribution in [-0.4, -0.2) is 18.5 Å². The minimum Gasteiger partial charge on any atom is -0.398 e. The summed E-state index contributed by atoms with van der Waals surface area (Å²) in [6, 6.07) is 16.1. The van der Waals surface area contributed by atoms with E-state index < -0.39 is 0 Å². The second kappa shape index (κ2) is 9.26. The SMILES string of the molecule is C=CCc1cc(C(=O)NC2CCC(CNc3ccccc3)CC2)ccc1N. The molecule has 1 amide bonds. The van der Waals surface area contributed by atoms with Crippen LogP contribution in [0.15, 0.2) is 61.2 Å². The average Bonchev–Trinajstić information content (AvgIpc) is 2.70. The van der Waals surface area contributed by atoms with Crippen molar-refractivity contribution in [3.63, 3.8) is 0 Å². The lowest BCUT2D eigenvalue weighted by Crippen LogP contribution is -2.38. The number of nitrogen functional groups attached to an aromatic ring is 1. The first-order valence-electron chi connectivity index (χ1n) is 9.75. The van der Waals surface area contributed by atoms with Gasteiger partial charge in [-0.05, 0) is 73.9 Å². The van der Waals surface area contributed by atoms with Crippen molar-refractivity contribution < 1.29 is 4.79 Å². The van der Waals surface area contributed by atoms with Crippen molar-refractivity contribution in [2.75, 3.05) is 17.6 Å². The van der Waals surface area contributed by atoms with Gasteiger partial charge < -0.3 is 16.4 Å². The predicted molar refractivity (Wildman–Crippen MR) is 113 cm³/mol. The largest absolute Gasteiger partial charge is 0.398 e. The molecule has 4 nitrogen and oxygen atoms in total. The first kappa shape index (κ1) is 19.0. The highest BCUT2D eigenvalue weighted by molar-refractivity contribution is 5.95.